The molecule has 2 aromatic rings. The number of hydrazine groups is 1. The van der Waals surface area contributed by atoms with Gasteiger partial charge in [0.1, 0.15) is 12.4 Å². The van der Waals surface area contributed by atoms with Crippen molar-refractivity contribution < 1.29 is 14.3 Å². The fourth-order valence-corrected chi connectivity index (χ4v) is 1.86. The van der Waals surface area contributed by atoms with E-state index in [-0.39, 0.29) is 6.61 Å². The summed E-state index contributed by atoms with van der Waals surface area (Å²) < 4.78 is 11.0. The molecule has 0 aliphatic heterocycles. The maximum Gasteiger partial charge on any atom is 0.333 e. The molecule has 8 nitrogen and oxygen atoms in total. The summed E-state index contributed by atoms with van der Waals surface area (Å²) in [4.78, 5) is 19.6. The van der Waals surface area contributed by atoms with Crippen LogP contribution in [0.15, 0.2) is 30.6 Å². The predicted molar refractivity (Wildman–Crippen MR) is 80.4 cm³/mol. The van der Waals surface area contributed by atoms with Crippen molar-refractivity contribution in [3.63, 3.8) is 0 Å². The molecule has 0 aliphatic carbocycles. The predicted octanol–water partition coefficient (Wildman–Crippen LogP) is 1.37. The summed E-state index contributed by atoms with van der Waals surface area (Å²) in [6.45, 7) is 1.95. The summed E-state index contributed by atoms with van der Waals surface area (Å²) >= 11 is 0. The molecule has 0 fully saturated rings. The Kier molecular flexibility index (Phi) is 5.10. The summed E-state index contributed by atoms with van der Waals surface area (Å²) in [6.07, 6.45) is 3.13. The second-order valence-corrected chi connectivity index (χ2v) is 4.32. The van der Waals surface area contributed by atoms with Crippen molar-refractivity contribution in [1.82, 2.24) is 15.4 Å². The topological polar surface area (TPSA) is 111 Å². The van der Waals surface area contributed by atoms with Gasteiger partial charge in [0.15, 0.2) is 0 Å². The molecular formula is C14H17N5O3. The highest BCUT2D eigenvalue weighted by Crippen LogP contribution is 2.28. The third kappa shape index (κ3) is 3.61. The highest BCUT2D eigenvalue weighted by molar-refractivity contribution is 5.90. The number of ether oxygens (including phenoxy) is 2. The second-order valence-electron chi connectivity index (χ2n) is 4.32. The van der Waals surface area contributed by atoms with Crippen molar-refractivity contribution in [2.24, 2.45) is 5.84 Å². The summed E-state index contributed by atoms with van der Waals surface area (Å²) in [6, 6.07) is 4.71. The zero-order valence-corrected chi connectivity index (χ0v) is 12.3. The number of amides is 2. The van der Waals surface area contributed by atoms with E-state index in [0.29, 0.717) is 28.6 Å². The number of hydrogen-bond acceptors (Lipinski definition) is 6. The minimum atomic E-state index is -0.537. The molecule has 0 saturated heterocycles. The number of nitrogens with one attached hydrogen (secondary N) is 2. The van der Waals surface area contributed by atoms with Crippen LogP contribution in [-0.4, -0.2) is 23.1 Å². The molecule has 2 rings (SSSR count). The van der Waals surface area contributed by atoms with Gasteiger partial charge in [0.05, 0.1) is 24.1 Å². The van der Waals surface area contributed by atoms with Crippen LogP contribution in [0.4, 0.5) is 10.5 Å². The van der Waals surface area contributed by atoms with Gasteiger partial charge in [-0.3, -0.25) is 10.4 Å². The van der Waals surface area contributed by atoms with Gasteiger partial charge in [0.25, 0.3) is 0 Å². The summed E-state index contributed by atoms with van der Waals surface area (Å²) in [5.74, 6) is 6.08. The van der Waals surface area contributed by atoms with Gasteiger partial charge >= 0.3 is 6.03 Å². The Balaban J connectivity index is 2.24. The normalized spacial score (nSPS) is 9.95. The molecule has 8 heteroatoms. The van der Waals surface area contributed by atoms with Crippen LogP contribution in [0.25, 0.3) is 0 Å². The van der Waals surface area contributed by atoms with Crippen LogP contribution < -0.4 is 26.1 Å². The maximum atomic E-state index is 11.4. The molecule has 1 aromatic carbocycles. The van der Waals surface area contributed by atoms with Gasteiger partial charge in [-0.15, -0.1) is 0 Å². The molecule has 1 aromatic heterocycles. The first-order valence-electron chi connectivity index (χ1n) is 6.49. The van der Waals surface area contributed by atoms with Crippen LogP contribution in [0.1, 0.15) is 11.3 Å². The summed E-state index contributed by atoms with van der Waals surface area (Å²) in [5.41, 5.74) is 3.88. The lowest BCUT2D eigenvalue weighted by molar-refractivity contribution is 0.252. The quantitative estimate of drug-likeness (QED) is 0.437. The van der Waals surface area contributed by atoms with Gasteiger partial charge in [0, 0.05) is 12.4 Å². The van der Waals surface area contributed by atoms with Crippen molar-refractivity contribution in [2.45, 2.75) is 13.5 Å². The Bertz CT molecular complexity index is 663. The van der Waals surface area contributed by atoms with Crippen LogP contribution in [0.5, 0.6) is 11.6 Å². The number of aryl methyl sites for hydroxylation is 1. The van der Waals surface area contributed by atoms with Crippen molar-refractivity contribution in [3.05, 3.63) is 41.9 Å². The maximum absolute atomic E-state index is 11.4. The highest BCUT2D eigenvalue weighted by atomic mass is 16.5. The van der Waals surface area contributed by atoms with E-state index in [2.05, 4.69) is 15.3 Å². The smallest absolute Gasteiger partial charge is 0.333 e. The van der Waals surface area contributed by atoms with Gasteiger partial charge in [-0.1, -0.05) is 6.07 Å². The van der Waals surface area contributed by atoms with E-state index in [1.807, 2.05) is 5.43 Å². The largest absolute Gasteiger partial charge is 0.496 e. The standard InChI is InChI=1S/C14H17N5O3/c1-9-13(17-7-6-16-9)22-8-10-11(18-14(20)19-15)4-3-5-12(10)21-2/h3-7H,8,15H2,1-2H3,(H2,18,19,20). The van der Waals surface area contributed by atoms with Crippen molar-refractivity contribution in [2.75, 3.05) is 12.4 Å². The number of carbonyl (C=O) groups excluding carboxylic acids is 1. The highest BCUT2D eigenvalue weighted by Gasteiger charge is 2.13. The zero-order chi connectivity index (χ0) is 15.9. The van der Waals surface area contributed by atoms with E-state index < -0.39 is 6.03 Å². The Hall–Kier alpha value is -2.87. The molecule has 0 bridgehead atoms. The molecule has 0 aliphatic rings. The zero-order valence-electron chi connectivity index (χ0n) is 12.3. The van der Waals surface area contributed by atoms with Gasteiger partial charge in [-0.05, 0) is 19.1 Å². The summed E-state index contributed by atoms with van der Waals surface area (Å²) in [7, 11) is 1.54. The molecule has 1 heterocycles. The van der Waals surface area contributed by atoms with Crippen molar-refractivity contribution in [1.29, 1.82) is 0 Å². The first kappa shape index (κ1) is 15.5. The number of nitrogens with two attached hydrogens (primary N) is 1. The number of carbonyl (C=O) groups is 1. The molecule has 4 N–H and O–H groups in total. The van der Waals surface area contributed by atoms with Crippen LogP contribution in [-0.2, 0) is 6.61 Å². The van der Waals surface area contributed by atoms with E-state index >= 15 is 0 Å². The number of anilines is 1. The van der Waals surface area contributed by atoms with E-state index in [1.54, 1.807) is 44.6 Å². The average Bonchev–Trinajstić information content (AvgIpc) is 2.54. The third-order valence-electron chi connectivity index (χ3n) is 2.92. The lowest BCUT2D eigenvalue weighted by Gasteiger charge is -2.15. The van der Waals surface area contributed by atoms with E-state index in [9.17, 15) is 4.79 Å². The van der Waals surface area contributed by atoms with Crippen molar-refractivity contribution in [3.8, 4) is 11.6 Å². The Labute approximate surface area is 127 Å². The Morgan fingerprint density at radius 3 is 2.77 bits per heavy atom. The Morgan fingerprint density at radius 1 is 1.32 bits per heavy atom. The van der Waals surface area contributed by atoms with Crippen LogP contribution in [0, 0.1) is 6.92 Å². The Morgan fingerprint density at radius 2 is 2.09 bits per heavy atom. The molecule has 22 heavy (non-hydrogen) atoms. The number of urea groups is 1. The molecule has 116 valence electrons. The molecule has 0 radical (unpaired) electrons. The third-order valence-corrected chi connectivity index (χ3v) is 2.92. The molecular weight excluding hydrogens is 286 g/mol. The van der Waals surface area contributed by atoms with Crippen LogP contribution in [0.3, 0.4) is 0 Å². The van der Waals surface area contributed by atoms with Crippen molar-refractivity contribution >= 4 is 11.7 Å². The first-order chi connectivity index (χ1) is 10.7. The van der Waals surface area contributed by atoms with E-state index in [0.717, 1.165) is 0 Å². The second kappa shape index (κ2) is 7.23. The lowest BCUT2D eigenvalue weighted by atomic mass is 10.1. The monoisotopic (exact) mass is 303 g/mol. The minimum Gasteiger partial charge on any atom is -0.496 e. The number of hydrogen-bond donors (Lipinski definition) is 3. The molecule has 0 atom stereocenters. The van der Waals surface area contributed by atoms with E-state index in [4.69, 9.17) is 15.3 Å². The molecule has 0 spiro atoms. The van der Waals surface area contributed by atoms with Gasteiger partial charge < -0.3 is 14.8 Å². The fourth-order valence-electron chi connectivity index (χ4n) is 1.86. The van der Waals surface area contributed by atoms with Gasteiger partial charge in [-0.25, -0.2) is 15.6 Å². The van der Waals surface area contributed by atoms with Gasteiger partial charge in [-0.2, -0.15) is 0 Å². The number of methoxy groups -OCH3 is 1. The summed E-state index contributed by atoms with van der Waals surface area (Å²) in [5, 5.41) is 2.61. The number of benzene rings is 1. The van der Waals surface area contributed by atoms with Crippen LogP contribution in [0.2, 0.25) is 0 Å². The van der Waals surface area contributed by atoms with E-state index in [1.165, 1.54) is 0 Å². The number of nitrogens with zero attached hydrogens (tertiary/aromatic N) is 2. The molecule has 0 saturated carbocycles. The lowest BCUT2D eigenvalue weighted by Crippen LogP contribution is -2.34. The number of aromatic nitrogens is 2. The SMILES string of the molecule is COc1cccc(NC(=O)NN)c1COc1nccnc1C. The number of rotatable bonds is 5. The first-order valence-corrected chi connectivity index (χ1v) is 6.49. The van der Waals surface area contributed by atoms with Crippen LogP contribution >= 0.6 is 0 Å². The minimum absolute atomic E-state index is 0.156. The van der Waals surface area contributed by atoms with Gasteiger partial charge in [0.2, 0.25) is 5.88 Å². The average molecular weight is 303 g/mol. The fraction of sp³-hybridized carbons (Fsp3) is 0.214. The molecule has 0 unspecified atom stereocenters. The molecule has 2 amide bonds.